The SMILES string of the molecule is CCOC(=O)c1csc(NC(=O)c2ccc(C(C)(C)C)cc2)c1C(=O)OCC. The van der Waals surface area contributed by atoms with Crippen molar-refractivity contribution in [3.8, 4) is 0 Å². The lowest BCUT2D eigenvalue weighted by atomic mass is 9.87. The van der Waals surface area contributed by atoms with Crippen LogP contribution in [0.25, 0.3) is 0 Å². The second kappa shape index (κ2) is 9.01. The highest BCUT2D eigenvalue weighted by molar-refractivity contribution is 7.15. The number of anilines is 1. The number of amides is 1. The molecule has 0 fully saturated rings. The molecule has 0 spiro atoms. The summed E-state index contributed by atoms with van der Waals surface area (Å²) >= 11 is 1.08. The zero-order valence-electron chi connectivity index (χ0n) is 16.8. The van der Waals surface area contributed by atoms with E-state index in [0.717, 1.165) is 16.9 Å². The molecule has 1 N–H and O–H groups in total. The molecule has 0 radical (unpaired) electrons. The van der Waals surface area contributed by atoms with E-state index in [1.165, 1.54) is 5.38 Å². The molecule has 0 saturated heterocycles. The van der Waals surface area contributed by atoms with Crippen LogP contribution in [0.1, 0.15) is 71.3 Å². The van der Waals surface area contributed by atoms with Gasteiger partial charge in [-0.3, -0.25) is 4.79 Å². The second-order valence-corrected chi connectivity index (χ2v) is 7.96. The highest BCUT2D eigenvalue weighted by atomic mass is 32.1. The largest absolute Gasteiger partial charge is 0.462 e. The Morgan fingerprint density at radius 1 is 0.964 bits per heavy atom. The van der Waals surface area contributed by atoms with Gasteiger partial charge >= 0.3 is 11.9 Å². The van der Waals surface area contributed by atoms with Crippen molar-refractivity contribution in [2.45, 2.75) is 40.0 Å². The van der Waals surface area contributed by atoms with Crippen LogP contribution in [0.5, 0.6) is 0 Å². The molecule has 1 aromatic carbocycles. The minimum absolute atomic E-state index is 0.0185. The third kappa shape index (κ3) is 4.98. The Hall–Kier alpha value is -2.67. The number of benzene rings is 1. The van der Waals surface area contributed by atoms with E-state index in [-0.39, 0.29) is 40.7 Å². The van der Waals surface area contributed by atoms with Crippen molar-refractivity contribution in [1.82, 2.24) is 0 Å². The number of carbonyl (C=O) groups excluding carboxylic acids is 3. The highest BCUT2D eigenvalue weighted by Gasteiger charge is 2.27. The van der Waals surface area contributed by atoms with Crippen LogP contribution in [0.4, 0.5) is 5.00 Å². The fourth-order valence-corrected chi connectivity index (χ4v) is 3.42. The molecule has 0 bridgehead atoms. The molecule has 150 valence electrons. The van der Waals surface area contributed by atoms with Gasteiger partial charge in [0.05, 0.1) is 18.8 Å². The first kappa shape index (κ1) is 21.6. The molecule has 2 aromatic rings. The van der Waals surface area contributed by atoms with E-state index in [4.69, 9.17) is 9.47 Å². The van der Waals surface area contributed by atoms with Crippen LogP contribution >= 0.6 is 11.3 Å². The molecular weight excluding hydrogens is 378 g/mol. The summed E-state index contributed by atoms with van der Waals surface area (Å²) in [5.74, 6) is -1.68. The van der Waals surface area contributed by atoms with Gasteiger partial charge in [0.15, 0.2) is 0 Å². The Bertz CT molecular complexity index is 862. The lowest BCUT2D eigenvalue weighted by Gasteiger charge is -2.19. The van der Waals surface area contributed by atoms with Gasteiger partial charge in [0.2, 0.25) is 0 Å². The number of hydrogen-bond donors (Lipinski definition) is 1. The molecule has 0 aliphatic rings. The molecule has 1 aromatic heterocycles. The summed E-state index contributed by atoms with van der Waals surface area (Å²) in [6, 6.07) is 7.28. The Kier molecular flexibility index (Phi) is 6.96. The van der Waals surface area contributed by atoms with Crippen LogP contribution in [-0.4, -0.2) is 31.1 Å². The van der Waals surface area contributed by atoms with Gasteiger partial charge in [0, 0.05) is 10.9 Å². The molecule has 0 saturated carbocycles. The summed E-state index contributed by atoms with van der Waals surface area (Å²) in [6.45, 7) is 9.96. The number of nitrogens with one attached hydrogen (secondary N) is 1. The van der Waals surface area contributed by atoms with Crippen molar-refractivity contribution in [1.29, 1.82) is 0 Å². The first-order valence-corrected chi connectivity index (χ1v) is 9.94. The van der Waals surface area contributed by atoms with E-state index in [2.05, 4.69) is 26.1 Å². The Morgan fingerprint density at radius 2 is 1.54 bits per heavy atom. The fourth-order valence-electron chi connectivity index (χ4n) is 2.51. The van der Waals surface area contributed by atoms with Gasteiger partial charge < -0.3 is 14.8 Å². The summed E-state index contributed by atoms with van der Waals surface area (Å²) in [4.78, 5) is 37.1. The normalized spacial score (nSPS) is 11.0. The highest BCUT2D eigenvalue weighted by Crippen LogP contribution is 2.30. The van der Waals surface area contributed by atoms with Gasteiger partial charge in [-0.25, -0.2) is 9.59 Å². The van der Waals surface area contributed by atoms with Crippen molar-refractivity contribution < 1.29 is 23.9 Å². The summed E-state index contributed by atoms with van der Waals surface area (Å²) in [6.07, 6.45) is 0. The van der Waals surface area contributed by atoms with Crippen LogP contribution in [0.3, 0.4) is 0 Å². The van der Waals surface area contributed by atoms with E-state index in [0.29, 0.717) is 5.56 Å². The zero-order chi connectivity index (χ0) is 20.9. The number of thiophene rings is 1. The first-order valence-electron chi connectivity index (χ1n) is 9.06. The van der Waals surface area contributed by atoms with Gasteiger partial charge in [-0.15, -0.1) is 11.3 Å². The summed E-state index contributed by atoms with van der Waals surface area (Å²) in [5.41, 5.74) is 1.65. The van der Waals surface area contributed by atoms with Crippen molar-refractivity contribution in [3.63, 3.8) is 0 Å². The van der Waals surface area contributed by atoms with Crippen LogP contribution in [0.2, 0.25) is 0 Å². The monoisotopic (exact) mass is 403 g/mol. The molecule has 0 aliphatic carbocycles. The van der Waals surface area contributed by atoms with E-state index in [1.807, 2.05) is 12.1 Å². The molecular formula is C21H25NO5S. The fraction of sp³-hybridized carbons (Fsp3) is 0.381. The van der Waals surface area contributed by atoms with Gasteiger partial charge in [0.25, 0.3) is 5.91 Å². The molecule has 0 aliphatic heterocycles. The van der Waals surface area contributed by atoms with Crippen LogP contribution in [-0.2, 0) is 14.9 Å². The lowest BCUT2D eigenvalue weighted by molar-refractivity contribution is 0.0481. The number of hydrogen-bond acceptors (Lipinski definition) is 6. The van der Waals surface area contributed by atoms with Crippen LogP contribution < -0.4 is 5.32 Å². The Balaban J connectivity index is 2.30. The van der Waals surface area contributed by atoms with E-state index in [1.54, 1.807) is 26.0 Å². The smallest absolute Gasteiger partial charge is 0.342 e. The number of rotatable bonds is 6. The minimum atomic E-state index is -0.676. The summed E-state index contributed by atoms with van der Waals surface area (Å²) in [7, 11) is 0. The van der Waals surface area contributed by atoms with Gasteiger partial charge in [-0.05, 0) is 37.0 Å². The Morgan fingerprint density at radius 3 is 2.07 bits per heavy atom. The number of carbonyl (C=O) groups is 3. The molecule has 1 amide bonds. The molecule has 28 heavy (non-hydrogen) atoms. The van der Waals surface area contributed by atoms with Crippen molar-refractivity contribution in [2.75, 3.05) is 18.5 Å². The third-order valence-corrected chi connectivity index (χ3v) is 4.90. The molecule has 2 rings (SSSR count). The predicted molar refractivity (Wildman–Crippen MR) is 109 cm³/mol. The predicted octanol–water partition coefficient (Wildman–Crippen LogP) is 4.65. The van der Waals surface area contributed by atoms with Crippen molar-refractivity contribution in [2.24, 2.45) is 0 Å². The van der Waals surface area contributed by atoms with E-state index >= 15 is 0 Å². The zero-order valence-corrected chi connectivity index (χ0v) is 17.6. The topological polar surface area (TPSA) is 81.7 Å². The molecule has 6 nitrogen and oxygen atoms in total. The van der Waals surface area contributed by atoms with Crippen molar-refractivity contribution in [3.05, 3.63) is 51.9 Å². The number of esters is 2. The van der Waals surface area contributed by atoms with E-state index in [9.17, 15) is 14.4 Å². The standard InChI is InChI=1S/C21H25NO5S/c1-6-26-19(24)15-12-28-18(16(15)20(25)27-7-2)22-17(23)13-8-10-14(11-9-13)21(3,4)5/h8-12H,6-7H2,1-5H3,(H,22,23). The third-order valence-electron chi connectivity index (χ3n) is 4.01. The lowest BCUT2D eigenvalue weighted by Crippen LogP contribution is -2.17. The first-order chi connectivity index (χ1) is 13.2. The average Bonchev–Trinajstić information content (AvgIpc) is 3.05. The average molecular weight is 404 g/mol. The maximum absolute atomic E-state index is 12.6. The molecule has 0 unspecified atom stereocenters. The van der Waals surface area contributed by atoms with E-state index < -0.39 is 11.9 Å². The maximum atomic E-state index is 12.6. The van der Waals surface area contributed by atoms with Crippen LogP contribution in [0, 0.1) is 0 Å². The number of ether oxygens (including phenoxy) is 2. The molecule has 0 atom stereocenters. The van der Waals surface area contributed by atoms with Crippen molar-refractivity contribution >= 4 is 34.2 Å². The van der Waals surface area contributed by atoms with Gasteiger partial charge in [-0.1, -0.05) is 32.9 Å². The summed E-state index contributed by atoms with van der Waals surface area (Å²) in [5, 5.41) is 4.46. The van der Waals surface area contributed by atoms with Gasteiger partial charge in [-0.2, -0.15) is 0 Å². The maximum Gasteiger partial charge on any atom is 0.342 e. The summed E-state index contributed by atoms with van der Waals surface area (Å²) < 4.78 is 10.0. The minimum Gasteiger partial charge on any atom is -0.462 e. The van der Waals surface area contributed by atoms with Gasteiger partial charge in [0.1, 0.15) is 10.6 Å². The Labute approximate surface area is 168 Å². The second-order valence-electron chi connectivity index (χ2n) is 7.08. The molecule has 7 heteroatoms. The molecule has 1 heterocycles. The van der Waals surface area contributed by atoms with Crippen LogP contribution in [0.15, 0.2) is 29.6 Å². The quantitative estimate of drug-likeness (QED) is 0.710.